The number of para-hydroxylation sites is 3. The normalized spacial score (nSPS) is 14.0. The number of imidazole rings is 1. The molecule has 28 heavy (non-hydrogen) atoms. The van der Waals surface area contributed by atoms with E-state index in [0.717, 1.165) is 16.9 Å². The van der Waals surface area contributed by atoms with Crippen LogP contribution in [-0.4, -0.2) is 9.55 Å². The predicted octanol–water partition coefficient (Wildman–Crippen LogP) is 5.72. The molecular formula is C26H18N2. The summed E-state index contributed by atoms with van der Waals surface area (Å²) in [7, 11) is 0. The van der Waals surface area contributed by atoms with E-state index in [9.17, 15) is 0 Å². The second kappa shape index (κ2) is 5.67. The average Bonchev–Trinajstić information content (AvgIpc) is 3.28. The van der Waals surface area contributed by atoms with Crippen molar-refractivity contribution in [3.8, 4) is 5.69 Å². The first-order valence-corrected chi connectivity index (χ1v) is 9.59. The van der Waals surface area contributed by atoms with Crippen LogP contribution < -0.4 is 0 Å². The molecule has 1 aromatic heterocycles. The van der Waals surface area contributed by atoms with Gasteiger partial charge in [0.1, 0.15) is 11.2 Å². The van der Waals surface area contributed by atoms with Crippen LogP contribution in [0.5, 0.6) is 0 Å². The fourth-order valence-corrected chi connectivity index (χ4v) is 4.74. The van der Waals surface area contributed by atoms with Crippen LogP contribution in [0.4, 0.5) is 0 Å². The van der Waals surface area contributed by atoms with Gasteiger partial charge in [-0.15, -0.1) is 0 Å². The predicted molar refractivity (Wildman–Crippen MR) is 113 cm³/mol. The Kier molecular flexibility index (Phi) is 3.12. The third-order valence-corrected chi connectivity index (χ3v) is 5.86. The molecule has 0 N–H and O–H groups in total. The molecule has 0 fully saturated rings. The van der Waals surface area contributed by atoms with Crippen LogP contribution in [0.1, 0.15) is 22.5 Å². The maximum atomic E-state index is 5.18. The minimum Gasteiger partial charge on any atom is -0.295 e. The number of nitrogens with zero attached hydrogens (tertiary/aromatic N) is 2. The summed E-state index contributed by atoms with van der Waals surface area (Å²) < 4.78 is 2.34. The van der Waals surface area contributed by atoms with Crippen molar-refractivity contribution < 1.29 is 0 Å². The van der Waals surface area contributed by atoms with Crippen LogP contribution in [0.3, 0.4) is 0 Å². The highest BCUT2D eigenvalue weighted by Crippen LogP contribution is 2.52. The molecule has 0 atom stereocenters. The van der Waals surface area contributed by atoms with Gasteiger partial charge >= 0.3 is 0 Å². The van der Waals surface area contributed by atoms with Crippen molar-refractivity contribution in [1.82, 2.24) is 9.55 Å². The van der Waals surface area contributed by atoms with Gasteiger partial charge in [0.25, 0.3) is 0 Å². The molecule has 0 radical (unpaired) electrons. The zero-order valence-corrected chi connectivity index (χ0v) is 15.3. The molecule has 0 unspecified atom stereocenters. The second-order valence-corrected chi connectivity index (χ2v) is 7.26. The zero-order valence-electron chi connectivity index (χ0n) is 15.3. The van der Waals surface area contributed by atoms with E-state index in [0.29, 0.717) is 0 Å². The Morgan fingerprint density at radius 3 is 1.86 bits per heavy atom. The van der Waals surface area contributed by atoms with Gasteiger partial charge in [0, 0.05) is 0 Å². The van der Waals surface area contributed by atoms with Crippen molar-refractivity contribution in [1.29, 1.82) is 0 Å². The lowest BCUT2D eigenvalue weighted by molar-refractivity contribution is 0.718. The van der Waals surface area contributed by atoms with Crippen molar-refractivity contribution in [2.24, 2.45) is 0 Å². The fourth-order valence-electron chi connectivity index (χ4n) is 4.74. The summed E-state index contributed by atoms with van der Waals surface area (Å²) in [4.78, 5) is 5.18. The van der Waals surface area contributed by atoms with E-state index in [4.69, 9.17) is 4.98 Å². The first kappa shape index (κ1) is 15.4. The van der Waals surface area contributed by atoms with Gasteiger partial charge in [0.2, 0.25) is 0 Å². The van der Waals surface area contributed by atoms with Gasteiger partial charge in [-0.2, -0.15) is 0 Å². The Morgan fingerprint density at radius 1 is 0.571 bits per heavy atom. The molecule has 2 nitrogen and oxygen atoms in total. The third-order valence-electron chi connectivity index (χ3n) is 5.86. The van der Waals surface area contributed by atoms with Crippen molar-refractivity contribution >= 4 is 11.0 Å². The molecule has 5 aromatic rings. The van der Waals surface area contributed by atoms with E-state index < -0.39 is 5.41 Å². The van der Waals surface area contributed by atoms with Gasteiger partial charge in [-0.1, -0.05) is 91.0 Å². The van der Waals surface area contributed by atoms with Crippen molar-refractivity contribution in [2.45, 2.75) is 5.41 Å². The van der Waals surface area contributed by atoms with E-state index in [-0.39, 0.29) is 0 Å². The lowest BCUT2D eigenvalue weighted by atomic mass is 9.70. The molecular weight excluding hydrogens is 340 g/mol. The van der Waals surface area contributed by atoms with Gasteiger partial charge in [0.15, 0.2) is 0 Å². The summed E-state index contributed by atoms with van der Waals surface area (Å²) in [5.74, 6) is 1.06. The standard InChI is InChI=1S/C26H18N2/c1-3-11-19(12-4-1)26(20-13-5-2-6-14-20)21-15-7-9-17-23(21)28-24-18-10-8-16-22(24)27-25(26)28/h1-18H. The molecule has 2 heteroatoms. The number of fused-ring (bicyclic) bond motifs is 5. The number of aromatic nitrogens is 2. The van der Waals surface area contributed by atoms with Crippen LogP contribution in [0.2, 0.25) is 0 Å². The molecule has 0 aliphatic carbocycles. The lowest BCUT2D eigenvalue weighted by Gasteiger charge is -2.30. The lowest BCUT2D eigenvalue weighted by Crippen LogP contribution is -2.29. The molecule has 1 aliphatic rings. The van der Waals surface area contributed by atoms with Crippen molar-refractivity contribution in [3.05, 3.63) is 132 Å². The molecule has 0 saturated heterocycles. The van der Waals surface area contributed by atoms with Crippen molar-refractivity contribution in [3.63, 3.8) is 0 Å². The van der Waals surface area contributed by atoms with E-state index in [1.54, 1.807) is 0 Å². The highest BCUT2D eigenvalue weighted by molar-refractivity contribution is 5.83. The van der Waals surface area contributed by atoms with Crippen LogP contribution >= 0.6 is 0 Å². The highest BCUT2D eigenvalue weighted by Gasteiger charge is 2.48. The van der Waals surface area contributed by atoms with Gasteiger partial charge in [-0.3, -0.25) is 4.57 Å². The zero-order chi connectivity index (χ0) is 18.6. The molecule has 4 aromatic carbocycles. The van der Waals surface area contributed by atoms with E-state index in [1.807, 2.05) is 0 Å². The first-order valence-electron chi connectivity index (χ1n) is 9.59. The summed E-state index contributed by atoms with van der Waals surface area (Å²) >= 11 is 0. The van der Waals surface area contributed by atoms with Crippen LogP contribution in [0, 0.1) is 0 Å². The second-order valence-electron chi connectivity index (χ2n) is 7.26. The molecule has 0 bridgehead atoms. The van der Waals surface area contributed by atoms with Crippen molar-refractivity contribution in [2.75, 3.05) is 0 Å². The Hall–Kier alpha value is -3.65. The monoisotopic (exact) mass is 358 g/mol. The molecule has 0 saturated carbocycles. The van der Waals surface area contributed by atoms with Crippen LogP contribution in [-0.2, 0) is 5.41 Å². The van der Waals surface area contributed by atoms with E-state index >= 15 is 0 Å². The quantitative estimate of drug-likeness (QED) is 0.387. The van der Waals surface area contributed by atoms with Gasteiger partial charge in [-0.05, 0) is 34.9 Å². The third kappa shape index (κ3) is 1.84. The Bertz CT molecular complexity index is 1260. The maximum absolute atomic E-state index is 5.18. The summed E-state index contributed by atoms with van der Waals surface area (Å²) in [5.41, 5.74) is 6.71. The number of benzene rings is 4. The molecule has 0 amide bonds. The topological polar surface area (TPSA) is 17.8 Å². The molecule has 1 aliphatic heterocycles. The van der Waals surface area contributed by atoms with Crippen LogP contribution in [0.25, 0.3) is 16.7 Å². The molecule has 132 valence electrons. The van der Waals surface area contributed by atoms with Gasteiger partial charge < -0.3 is 0 Å². The summed E-state index contributed by atoms with van der Waals surface area (Å²) in [6, 6.07) is 38.6. The van der Waals surface area contributed by atoms with Gasteiger partial charge in [-0.25, -0.2) is 4.98 Å². The summed E-state index contributed by atoms with van der Waals surface area (Å²) in [6.45, 7) is 0. The molecule has 2 heterocycles. The Labute approximate surface area is 163 Å². The highest BCUT2D eigenvalue weighted by atomic mass is 15.1. The minimum atomic E-state index is -0.432. The largest absolute Gasteiger partial charge is 0.295 e. The SMILES string of the molecule is c1ccc(C2(c3ccccc3)c3ccccc3-n3c2nc2ccccc23)cc1. The first-order chi connectivity index (χ1) is 13.9. The summed E-state index contributed by atoms with van der Waals surface area (Å²) in [6.07, 6.45) is 0. The van der Waals surface area contributed by atoms with Crippen LogP contribution in [0.15, 0.2) is 109 Å². The van der Waals surface area contributed by atoms with Gasteiger partial charge in [0.05, 0.1) is 16.7 Å². The number of hydrogen-bond acceptors (Lipinski definition) is 1. The Balaban J connectivity index is 1.85. The number of rotatable bonds is 2. The van der Waals surface area contributed by atoms with E-state index in [1.165, 1.54) is 22.4 Å². The minimum absolute atomic E-state index is 0.432. The Morgan fingerprint density at radius 2 is 1.14 bits per heavy atom. The molecule has 0 spiro atoms. The molecule has 6 rings (SSSR count). The van der Waals surface area contributed by atoms with E-state index in [2.05, 4.69) is 114 Å². The maximum Gasteiger partial charge on any atom is 0.134 e. The summed E-state index contributed by atoms with van der Waals surface area (Å²) in [5, 5.41) is 0. The average molecular weight is 358 g/mol. The number of hydrogen-bond donors (Lipinski definition) is 0. The smallest absolute Gasteiger partial charge is 0.134 e. The fraction of sp³-hybridized carbons (Fsp3) is 0.0385.